The zero-order valence-electron chi connectivity index (χ0n) is 15.6. The van der Waals surface area contributed by atoms with Gasteiger partial charge in [0.25, 0.3) is 0 Å². The summed E-state index contributed by atoms with van der Waals surface area (Å²) in [6, 6.07) is 17.0. The van der Waals surface area contributed by atoms with Crippen LogP contribution in [0.1, 0.15) is 28.5 Å². The lowest BCUT2D eigenvalue weighted by molar-refractivity contribution is -0.137. The molecule has 0 radical (unpaired) electrons. The first-order valence-corrected chi connectivity index (χ1v) is 9.18. The summed E-state index contributed by atoms with van der Waals surface area (Å²) in [7, 11) is 1.60. The molecule has 0 aromatic heterocycles. The highest BCUT2D eigenvalue weighted by atomic mass is 19.1. The average molecular weight is 392 g/mol. The highest BCUT2D eigenvalue weighted by molar-refractivity contribution is 5.86. The number of rotatable bonds is 3. The molecule has 0 spiro atoms. The Labute approximate surface area is 166 Å². The molecular weight excluding hydrogens is 375 g/mol. The van der Waals surface area contributed by atoms with Crippen LogP contribution in [-0.4, -0.2) is 19.9 Å². The summed E-state index contributed by atoms with van der Waals surface area (Å²) in [6.45, 7) is 0.126. The smallest absolute Gasteiger partial charge is 0.319 e. The van der Waals surface area contributed by atoms with E-state index in [9.17, 15) is 9.18 Å². The van der Waals surface area contributed by atoms with Crippen LogP contribution in [0.2, 0.25) is 0 Å². The van der Waals surface area contributed by atoms with E-state index < -0.39 is 11.9 Å². The fraction of sp³-hybridized carbons (Fsp3) is 0.174. The van der Waals surface area contributed by atoms with Crippen molar-refractivity contribution in [1.82, 2.24) is 0 Å². The van der Waals surface area contributed by atoms with Crippen LogP contribution >= 0.6 is 0 Å². The zero-order valence-corrected chi connectivity index (χ0v) is 15.6. The van der Waals surface area contributed by atoms with Crippen molar-refractivity contribution in [2.75, 3.05) is 13.9 Å². The minimum atomic E-state index is -0.628. The molecule has 3 aromatic carbocycles. The van der Waals surface area contributed by atoms with Gasteiger partial charge >= 0.3 is 5.97 Å². The van der Waals surface area contributed by atoms with Gasteiger partial charge in [-0.2, -0.15) is 0 Å². The van der Waals surface area contributed by atoms with Crippen molar-refractivity contribution in [3.8, 4) is 23.0 Å². The van der Waals surface area contributed by atoms with Gasteiger partial charge in [0.2, 0.25) is 6.79 Å². The maximum Gasteiger partial charge on any atom is 0.319 e. The number of methoxy groups -OCH3 is 1. The van der Waals surface area contributed by atoms with Gasteiger partial charge in [-0.15, -0.1) is 0 Å². The molecule has 0 saturated heterocycles. The van der Waals surface area contributed by atoms with E-state index in [0.29, 0.717) is 22.8 Å². The SMILES string of the molecule is COc1ccc([C@H]2c3cc4c(cc3OC(=O)[C@H]2c2ccc(F)cc2)OCO4)cc1. The fourth-order valence-corrected chi connectivity index (χ4v) is 3.94. The van der Waals surface area contributed by atoms with E-state index in [0.717, 1.165) is 16.9 Å². The monoisotopic (exact) mass is 392 g/mol. The fourth-order valence-electron chi connectivity index (χ4n) is 3.94. The molecule has 5 rings (SSSR count). The molecule has 2 aliphatic heterocycles. The van der Waals surface area contributed by atoms with Gasteiger partial charge in [-0.05, 0) is 41.5 Å². The quantitative estimate of drug-likeness (QED) is 0.489. The number of carbonyl (C=O) groups is 1. The van der Waals surface area contributed by atoms with Crippen LogP contribution in [0.5, 0.6) is 23.0 Å². The molecule has 146 valence electrons. The first-order valence-electron chi connectivity index (χ1n) is 9.18. The summed E-state index contributed by atoms with van der Waals surface area (Å²) >= 11 is 0. The zero-order chi connectivity index (χ0) is 20.0. The lowest BCUT2D eigenvalue weighted by Gasteiger charge is -2.33. The lowest BCUT2D eigenvalue weighted by atomic mass is 9.75. The number of hydrogen-bond acceptors (Lipinski definition) is 5. The maximum absolute atomic E-state index is 13.5. The van der Waals surface area contributed by atoms with Crippen LogP contribution < -0.4 is 18.9 Å². The highest BCUT2D eigenvalue weighted by Crippen LogP contribution is 2.50. The van der Waals surface area contributed by atoms with E-state index in [-0.39, 0.29) is 18.5 Å². The average Bonchev–Trinajstić information content (AvgIpc) is 3.19. The Morgan fingerprint density at radius 3 is 2.17 bits per heavy atom. The molecule has 5 nitrogen and oxygen atoms in total. The normalized spacial score (nSPS) is 19.4. The molecule has 3 aromatic rings. The maximum atomic E-state index is 13.5. The Hall–Kier alpha value is -3.54. The Bertz CT molecular complexity index is 1080. The molecular formula is C23H17FO5. The standard InChI is InChI=1S/C23H17FO5/c1-26-16-8-4-13(5-9-16)21-17-10-19-20(28-12-27-19)11-18(17)29-23(25)22(21)14-2-6-15(24)7-3-14/h2-11,21-22H,12H2,1H3/t21-,22-/m0/s1. The summed E-state index contributed by atoms with van der Waals surface area (Å²) in [5.41, 5.74) is 2.41. The topological polar surface area (TPSA) is 54.0 Å². The minimum Gasteiger partial charge on any atom is -0.497 e. The number of ether oxygens (including phenoxy) is 4. The van der Waals surface area contributed by atoms with Crippen molar-refractivity contribution in [1.29, 1.82) is 0 Å². The van der Waals surface area contributed by atoms with E-state index in [1.165, 1.54) is 12.1 Å². The van der Waals surface area contributed by atoms with Gasteiger partial charge < -0.3 is 18.9 Å². The van der Waals surface area contributed by atoms with Crippen LogP contribution in [0.15, 0.2) is 60.7 Å². The predicted octanol–water partition coefficient (Wildman–Crippen LogP) is 4.40. The molecule has 2 atom stereocenters. The second-order valence-electron chi connectivity index (χ2n) is 6.94. The number of carbonyl (C=O) groups excluding carboxylic acids is 1. The van der Waals surface area contributed by atoms with E-state index >= 15 is 0 Å². The van der Waals surface area contributed by atoms with Crippen molar-refractivity contribution in [3.05, 3.63) is 83.2 Å². The van der Waals surface area contributed by atoms with Gasteiger partial charge in [-0.1, -0.05) is 24.3 Å². The van der Waals surface area contributed by atoms with Crippen LogP contribution in [0.25, 0.3) is 0 Å². The second kappa shape index (κ2) is 6.81. The molecule has 0 bridgehead atoms. The number of benzene rings is 3. The molecule has 29 heavy (non-hydrogen) atoms. The number of esters is 1. The summed E-state index contributed by atoms with van der Waals surface area (Å²) < 4.78 is 35.4. The van der Waals surface area contributed by atoms with E-state index in [1.807, 2.05) is 30.3 Å². The Morgan fingerprint density at radius 1 is 0.862 bits per heavy atom. The molecule has 0 amide bonds. The van der Waals surface area contributed by atoms with Crippen molar-refractivity contribution in [2.45, 2.75) is 11.8 Å². The molecule has 6 heteroatoms. The van der Waals surface area contributed by atoms with Gasteiger partial charge in [0.05, 0.1) is 13.0 Å². The lowest BCUT2D eigenvalue weighted by Crippen LogP contribution is -2.30. The second-order valence-corrected chi connectivity index (χ2v) is 6.94. The van der Waals surface area contributed by atoms with Gasteiger partial charge in [0.15, 0.2) is 11.5 Å². The first-order chi connectivity index (χ1) is 14.1. The van der Waals surface area contributed by atoms with Gasteiger partial charge in [-0.3, -0.25) is 4.79 Å². The van der Waals surface area contributed by atoms with Gasteiger partial charge in [-0.25, -0.2) is 4.39 Å². The first kappa shape index (κ1) is 17.6. The molecule has 0 fully saturated rings. The van der Waals surface area contributed by atoms with E-state index in [2.05, 4.69) is 0 Å². The third-order valence-electron chi connectivity index (χ3n) is 5.34. The summed E-state index contributed by atoms with van der Waals surface area (Å²) in [5, 5.41) is 0. The van der Waals surface area contributed by atoms with Crippen LogP contribution in [0, 0.1) is 5.82 Å². The number of fused-ring (bicyclic) bond motifs is 2. The minimum absolute atomic E-state index is 0.126. The van der Waals surface area contributed by atoms with Crippen molar-refractivity contribution >= 4 is 5.97 Å². The molecule has 2 aliphatic rings. The van der Waals surface area contributed by atoms with Crippen LogP contribution in [0.4, 0.5) is 4.39 Å². The van der Waals surface area contributed by atoms with Crippen LogP contribution in [0.3, 0.4) is 0 Å². The summed E-state index contributed by atoms with van der Waals surface area (Å²) in [5.74, 6) is 0.596. The third kappa shape index (κ3) is 2.97. The molecule has 0 saturated carbocycles. The van der Waals surface area contributed by atoms with Crippen molar-refractivity contribution < 1.29 is 28.1 Å². The molecule has 2 heterocycles. The Kier molecular flexibility index (Phi) is 4.12. The van der Waals surface area contributed by atoms with E-state index in [1.54, 1.807) is 25.3 Å². The number of halogens is 1. The molecule has 0 aliphatic carbocycles. The molecule has 0 N–H and O–H groups in total. The van der Waals surface area contributed by atoms with Crippen molar-refractivity contribution in [2.24, 2.45) is 0 Å². The summed E-state index contributed by atoms with van der Waals surface area (Å²) in [4.78, 5) is 13.0. The predicted molar refractivity (Wildman–Crippen MR) is 102 cm³/mol. The van der Waals surface area contributed by atoms with Crippen LogP contribution in [-0.2, 0) is 4.79 Å². The highest BCUT2D eigenvalue weighted by Gasteiger charge is 2.41. The third-order valence-corrected chi connectivity index (χ3v) is 5.34. The Morgan fingerprint density at radius 2 is 1.48 bits per heavy atom. The largest absolute Gasteiger partial charge is 0.497 e. The van der Waals surface area contributed by atoms with Gasteiger partial charge in [0, 0.05) is 17.5 Å². The summed E-state index contributed by atoms with van der Waals surface area (Å²) in [6.07, 6.45) is 0. The van der Waals surface area contributed by atoms with Gasteiger partial charge in [0.1, 0.15) is 17.3 Å². The Balaban J connectivity index is 1.69. The van der Waals surface area contributed by atoms with Crippen molar-refractivity contribution in [3.63, 3.8) is 0 Å². The molecule has 0 unspecified atom stereocenters. The van der Waals surface area contributed by atoms with E-state index in [4.69, 9.17) is 18.9 Å². The number of hydrogen-bond donors (Lipinski definition) is 0.